The van der Waals surface area contributed by atoms with Gasteiger partial charge < -0.3 is 9.84 Å². The van der Waals surface area contributed by atoms with E-state index in [1.54, 1.807) is 0 Å². The Morgan fingerprint density at radius 3 is 1.74 bits per heavy atom. The Kier molecular flexibility index (Phi) is 6.34. The second-order valence-electron chi connectivity index (χ2n) is 12.1. The van der Waals surface area contributed by atoms with Crippen LogP contribution in [0, 0.1) is 5.92 Å². The normalized spacial score (nSPS) is 17.9. The number of nitrogens with zero attached hydrogens (tertiary/aromatic N) is 1. The molecule has 1 heterocycles. The maximum atomic E-state index is 11.6. The van der Waals surface area contributed by atoms with E-state index in [9.17, 15) is 5.11 Å². The minimum atomic E-state index is -0.780. The molecule has 0 saturated carbocycles. The molecule has 3 nitrogen and oxygen atoms in total. The van der Waals surface area contributed by atoms with Crippen LogP contribution in [-0.4, -0.2) is 17.0 Å². The fourth-order valence-electron chi connectivity index (χ4n) is 5.00. The van der Waals surface area contributed by atoms with E-state index in [4.69, 9.17) is 9.73 Å². The van der Waals surface area contributed by atoms with Gasteiger partial charge in [-0.05, 0) is 28.4 Å². The first-order valence-electron chi connectivity index (χ1n) is 12.6. The topological polar surface area (TPSA) is 41.8 Å². The SMILES string of the molecule is CC(C)[C@H]1N=C(c2cc(C(C)(C)C)cc(C(C)(C)C)c2O)OC1(c1ccccc1)c1ccccc1. The molecule has 0 saturated heterocycles. The number of ether oxygens (including phenoxy) is 1. The summed E-state index contributed by atoms with van der Waals surface area (Å²) < 4.78 is 6.99. The molecule has 0 amide bonds. The van der Waals surface area contributed by atoms with E-state index in [0.717, 1.165) is 22.3 Å². The van der Waals surface area contributed by atoms with Crippen molar-refractivity contribution in [2.45, 2.75) is 77.9 Å². The van der Waals surface area contributed by atoms with Crippen LogP contribution in [0.4, 0.5) is 0 Å². The molecule has 0 aromatic heterocycles. The zero-order chi connectivity index (χ0) is 25.6. The van der Waals surface area contributed by atoms with Crippen LogP contribution in [0.25, 0.3) is 0 Å². The van der Waals surface area contributed by atoms with E-state index in [2.05, 4.69) is 91.8 Å². The van der Waals surface area contributed by atoms with E-state index in [1.165, 1.54) is 0 Å². The van der Waals surface area contributed by atoms with E-state index < -0.39 is 5.60 Å². The van der Waals surface area contributed by atoms with Crippen molar-refractivity contribution in [3.05, 3.63) is 101 Å². The lowest BCUT2D eigenvalue weighted by molar-refractivity contribution is 0.0814. The van der Waals surface area contributed by atoms with Crippen molar-refractivity contribution < 1.29 is 9.84 Å². The molecule has 35 heavy (non-hydrogen) atoms. The zero-order valence-corrected chi connectivity index (χ0v) is 22.4. The highest BCUT2D eigenvalue weighted by atomic mass is 16.5. The lowest BCUT2D eigenvalue weighted by Crippen LogP contribution is -2.41. The number of hydrogen-bond acceptors (Lipinski definition) is 3. The third-order valence-electron chi connectivity index (χ3n) is 6.98. The summed E-state index contributed by atoms with van der Waals surface area (Å²) in [5.41, 5.74) is 3.75. The molecule has 184 valence electrons. The van der Waals surface area contributed by atoms with Gasteiger partial charge >= 0.3 is 0 Å². The van der Waals surface area contributed by atoms with E-state index >= 15 is 0 Å². The van der Waals surface area contributed by atoms with Crippen molar-refractivity contribution in [3.63, 3.8) is 0 Å². The number of phenols is 1. The molecule has 3 aromatic carbocycles. The number of aliphatic imine (C=N–C) groups is 1. The second-order valence-corrected chi connectivity index (χ2v) is 12.1. The first kappa shape index (κ1) is 25.0. The first-order valence-corrected chi connectivity index (χ1v) is 12.6. The van der Waals surface area contributed by atoms with Crippen molar-refractivity contribution in [2.24, 2.45) is 10.9 Å². The van der Waals surface area contributed by atoms with Gasteiger partial charge in [-0.2, -0.15) is 0 Å². The minimum absolute atomic E-state index is 0.0883. The number of benzene rings is 3. The molecule has 0 fully saturated rings. The maximum absolute atomic E-state index is 11.6. The molecule has 0 unspecified atom stereocenters. The molecule has 1 atom stereocenters. The Morgan fingerprint density at radius 1 is 0.800 bits per heavy atom. The van der Waals surface area contributed by atoms with Crippen LogP contribution in [0.1, 0.15) is 83.2 Å². The minimum Gasteiger partial charge on any atom is -0.507 e. The summed E-state index contributed by atoms with van der Waals surface area (Å²) in [6.07, 6.45) is 0. The monoisotopic (exact) mass is 469 g/mol. The molecular formula is C32H39NO2. The summed E-state index contributed by atoms with van der Waals surface area (Å²) in [6, 6.07) is 24.8. The average molecular weight is 470 g/mol. The molecule has 0 aliphatic carbocycles. The van der Waals surface area contributed by atoms with Gasteiger partial charge in [-0.3, -0.25) is 0 Å². The maximum Gasteiger partial charge on any atom is 0.221 e. The molecule has 3 aromatic rings. The Morgan fingerprint density at radius 2 is 1.31 bits per heavy atom. The molecular weight excluding hydrogens is 430 g/mol. The summed E-state index contributed by atoms with van der Waals surface area (Å²) in [7, 11) is 0. The fraction of sp³-hybridized carbons (Fsp3) is 0.406. The summed E-state index contributed by atoms with van der Waals surface area (Å²) in [4.78, 5) is 5.21. The summed E-state index contributed by atoms with van der Waals surface area (Å²) in [5, 5.41) is 11.6. The molecule has 3 heteroatoms. The van der Waals surface area contributed by atoms with Gasteiger partial charge in [0.15, 0.2) is 5.60 Å². The van der Waals surface area contributed by atoms with E-state index in [1.807, 2.05) is 36.4 Å². The van der Waals surface area contributed by atoms with Gasteiger partial charge in [0.05, 0.1) is 5.56 Å². The van der Waals surface area contributed by atoms with Gasteiger partial charge in [-0.15, -0.1) is 0 Å². The van der Waals surface area contributed by atoms with Gasteiger partial charge in [-0.1, -0.05) is 122 Å². The van der Waals surface area contributed by atoms with Crippen molar-refractivity contribution in [3.8, 4) is 5.75 Å². The zero-order valence-electron chi connectivity index (χ0n) is 22.4. The Hall–Kier alpha value is -3.07. The number of aromatic hydroxyl groups is 1. The summed E-state index contributed by atoms with van der Waals surface area (Å²) >= 11 is 0. The lowest BCUT2D eigenvalue weighted by atomic mass is 9.76. The van der Waals surface area contributed by atoms with Crippen molar-refractivity contribution >= 4 is 5.90 Å². The largest absolute Gasteiger partial charge is 0.507 e. The van der Waals surface area contributed by atoms with E-state index in [-0.39, 0.29) is 28.5 Å². The van der Waals surface area contributed by atoms with Crippen LogP contribution < -0.4 is 0 Å². The average Bonchev–Trinajstić information content (AvgIpc) is 3.21. The van der Waals surface area contributed by atoms with Crippen LogP contribution in [0.3, 0.4) is 0 Å². The summed E-state index contributed by atoms with van der Waals surface area (Å²) in [5.74, 6) is 0.970. The quantitative estimate of drug-likeness (QED) is 0.425. The highest BCUT2D eigenvalue weighted by Gasteiger charge is 2.51. The molecule has 1 aliphatic heterocycles. The van der Waals surface area contributed by atoms with Crippen LogP contribution in [0.15, 0.2) is 77.8 Å². The molecule has 1 aliphatic rings. The van der Waals surface area contributed by atoms with Gasteiger partial charge in [0.2, 0.25) is 5.90 Å². The lowest BCUT2D eigenvalue weighted by Gasteiger charge is -2.36. The Balaban J connectivity index is 1.98. The molecule has 0 spiro atoms. The predicted molar refractivity (Wildman–Crippen MR) is 145 cm³/mol. The van der Waals surface area contributed by atoms with Crippen LogP contribution in [-0.2, 0) is 21.2 Å². The van der Waals surface area contributed by atoms with Crippen molar-refractivity contribution in [1.82, 2.24) is 0 Å². The first-order chi connectivity index (χ1) is 16.4. The second kappa shape index (κ2) is 8.86. The van der Waals surface area contributed by atoms with Gasteiger partial charge in [0, 0.05) is 16.7 Å². The van der Waals surface area contributed by atoms with Crippen LogP contribution in [0.2, 0.25) is 0 Å². The molecule has 0 bridgehead atoms. The molecule has 0 radical (unpaired) electrons. The van der Waals surface area contributed by atoms with Crippen LogP contribution in [0.5, 0.6) is 5.75 Å². The highest BCUT2D eigenvalue weighted by Crippen LogP contribution is 2.48. The third kappa shape index (κ3) is 4.49. The number of hydrogen-bond donors (Lipinski definition) is 1. The highest BCUT2D eigenvalue weighted by molar-refractivity contribution is 5.99. The molecule has 4 rings (SSSR count). The number of phenolic OH excluding ortho intramolecular Hbond substituents is 1. The molecule has 1 N–H and O–H groups in total. The smallest absolute Gasteiger partial charge is 0.221 e. The van der Waals surface area contributed by atoms with Crippen LogP contribution >= 0.6 is 0 Å². The standard InChI is InChI=1S/C32H39NO2/c1-21(2)28-32(22-15-11-9-12-16-22,23-17-13-10-14-18-23)35-29(33-28)25-19-24(30(3,4)5)20-26(27(25)34)31(6,7)8/h9-21,28,34H,1-8H3/t28-/m1/s1. The number of rotatable bonds is 4. The van der Waals surface area contributed by atoms with E-state index in [0.29, 0.717) is 11.5 Å². The Labute approximate surface area is 210 Å². The Bertz CT molecular complexity index is 1170. The summed E-state index contributed by atoms with van der Waals surface area (Å²) in [6.45, 7) is 17.4. The van der Waals surface area contributed by atoms with Gasteiger partial charge in [-0.25, -0.2) is 4.99 Å². The van der Waals surface area contributed by atoms with Gasteiger partial charge in [0.1, 0.15) is 11.8 Å². The predicted octanol–water partition coefficient (Wildman–Crippen LogP) is 7.73. The fourth-order valence-corrected chi connectivity index (χ4v) is 5.00. The third-order valence-corrected chi connectivity index (χ3v) is 6.98. The van der Waals surface area contributed by atoms with Crippen molar-refractivity contribution in [1.29, 1.82) is 0 Å². The van der Waals surface area contributed by atoms with Crippen molar-refractivity contribution in [2.75, 3.05) is 0 Å². The van der Waals surface area contributed by atoms with Gasteiger partial charge in [0.25, 0.3) is 0 Å².